The maximum atomic E-state index is 13.2. The molecule has 0 spiro atoms. The number of nitrogens with one attached hydrogen (secondary N) is 1. The molecule has 3 amide bonds. The Morgan fingerprint density at radius 3 is 2.40 bits per heavy atom. The molecule has 7 nitrogen and oxygen atoms in total. The quantitative estimate of drug-likeness (QED) is 0.607. The summed E-state index contributed by atoms with van der Waals surface area (Å²) in [6, 6.07) is 11.2. The highest BCUT2D eigenvalue weighted by Crippen LogP contribution is 2.31. The monoisotopic (exact) mass is 423 g/mol. The Bertz CT molecular complexity index is 1120. The molecule has 1 aromatic heterocycles. The van der Waals surface area contributed by atoms with Crippen molar-refractivity contribution in [2.45, 2.75) is 26.3 Å². The number of anilines is 1. The molecule has 8 heteroatoms. The Labute approximate surface area is 177 Å². The molecule has 0 aliphatic carbocycles. The summed E-state index contributed by atoms with van der Waals surface area (Å²) in [5.74, 6) is -0.502. The van der Waals surface area contributed by atoms with E-state index in [2.05, 4.69) is 10.3 Å². The van der Waals surface area contributed by atoms with Crippen molar-refractivity contribution in [2.24, 2.45) is 5.92 Å². The third-order valence-electron chi connectivity index (χ3n) is 4.96. The molecule has 0 saturated carbocycles. The van der Waals surface area contributed by atoms with E-state index in [0.29, 0.717) is 28.4 Å². The van der Waals surface area contributed by atoms with Gasteiger partial charge in [0.05, 0.1) is 28.5 Å². The standard InChI is InChI=1S/C22H21N3O4S/c1-12(2)10-17(25-20(27)14-6-4-5-7-15(14)21(25)28)19(26)24-22-23-16-9-8-13(29-3)11-18(16)30-22/h4-9,11-12,17H,10H2,1-3H3,(H,23,24,26). The zero-order valence-corrected chi connectivity index (χ0v) is 17.7. The average molecular weight is 423 g/mol. The summed E-state index contributed by atoms with van der Waals surface area (Å²) < 4.78 is 6.09. The molecule has 2 aromatic carbocycles. The van der Waals surface area contributed by atoms with Crippen LogP contribution < -0.4 is 10.1 Å². The fourth-order valence-electron chi connectivity index (χ4n) is 3.54. The van der Waals surface area contributed by atoms with Crippen molar-refractivity contribution in [1.82, 2.24) is 9.88 Å². The second-order valence-electron chi connectivity index (χ2n) is 7.51. The van der Waals surface area contributed by atoms with Crippen LogP contribution >= 0.6 is 11.3 Å². The van der Waals surface area contributed by atoms with Crippen LogP contribution in [0.5, 0.6) is 5.75 Å². The van der Waals surface area contributed by atoms with Crippen LogP contribution in [-0.4, -0.2) is 40.8 Å². The molecule has 1 N–H and O–H groups in total. The minimum absolute atomic E-state index is 0.102. The predicted molar refractivity (Wildman–Crippen MR) is 115 cm³/mol. The molecule has 1 unspecified atom stereocenters. The first-order chi connectivity index (χ1) is 14.4. The first-order valence-electron chi connectivity index (χ1n) is 9.61. The Kier molecular flexibility index (Phi) is 5.26. The van der Waals surface area contributed by atoms with Crippen LogP contribution in [0.1, 0.15) is 41.0 Å². The molecule has 30 heavy (non-hydrogen) atoms. The van der Waals surface area contributed by atoms with Crippen LogP contribution in [0.3, 0.4) is 0 Å². The number of nitrogens with zero attached hydrogens (tertiary/aromatic N) is 2. The van der Waals surface area contributed by atoms with E-state index in [4.69, 9.17) is 4.74 Å². The van der Waals surface area contributed by atoms with E-state index < -0.39 is 23.8 Å². The van der Waals surface area contributed by atoms with E-state index >= 15 is 0 Å². The van der Waals surface area contributed by atoms with Crippen LogP contribution in [0.2, 0.25) is 0 Å². The zero-order chi connectivity index (χ0) is 21.4. The fraction of sp³-hybridized carbons (Fsp3) is 0.273. The molecule has 0 radical (unpaired) electrons. The van der Waals surface area contributed by atoms with Crippen molar-refractivity contribution in [3.8, 4) is 5.75 Å². The van der Waals surface area contributed by atoms with Crippen LogP contribution in [0.4, 0.5) is 5.13 Å². The normalized spacial score (nSPS) is 14.3. The van der Waals surface area contributed by atoms with Crippen molar-refractivity contribution in [1.29, 1.82) is 0 Å². The number of amides is 3. The Balaban J connectivity index is 1.62. The van der Waals surface area contributed by atoms with Crippen LogP contribution in [-0.2, 0) is 4.79 Å². The van der Waals surface area contributed by atoms with Gasteiger partial charge in [-0.05, 0) is 42.7 Å². The number of aromatic nitrogens is 1. The number of imide groups is 1. The van der Waals surface area contributed by atoms with Gasteiger partial charge < -0.3 is 10.1 Å². The van der Waals surface area contributed by atoms with Gasteiger partial charge in [-0.25, -0.2) is 4.98 Å². The van der Waals surface area contributed by atoms with Gasteiger partial charge in [0.15, 0.2) is 5.13 Å². The van der Waals surface area contributed by atoms with E-state index in [0.717, 1.165) is 15.1 Å². The van der Waals surface area contributed by atoms with Gasteiger partial charge >= 0.3 is 0 Å². The maximum absolute atomic E-state index is 13.2. The number of fused-ring (bicyclic) bond motifs is 2. The van der Waals surface area contributed by atoms with Gasteiger partial charge in [0, 0.05) is 0 Å². The molecule has 0 fully saturated rings. The van der Waals surface area contributed by atoms with Gasteiger partial charge in [-0.3, -0.25) is 19.3 Å². The van der Waals surface area contributed by atoms with E-state index in [9.17, 15) is 14.4 Å². The minimum Gasteiger partial charge on any atom is -0.497 e. The number of hydrogen-bond donors (Lipinski definition) is 1. The van der Waals surface area contributed by atoms with E-state index in [1.807, 2.05) is 26.0 Å². The lowest BCUT2D eigenvalue weighted by Crippen LogP contribution is -2.47. The Hall–Kier alpha value is -3.26. The Morgan fingerprint density at radius 2 is 1.80 bits per heavy atom. The summed E-state index contributed by atoms with van der Waals surface area (Å²) in [5.41, 5.74) is 1.39. The molecule has 1 aliphatic rings. The number of hydrogen-bond acceptors (Lipinski definition) is 6. The highest BCUT2D eigenvalue weighted by Gasteiger charge is 2.42. The number of carbonyl (C=O) groups is 3. The number of methoxy groups -OCH3 is 1. The van der Waals surface area contributed by atoms with Crippen molar-refractivity contribution < 1.29 is 19.1 Å². The third-order valence-corrected chi connectivity index (χ3v) is 5.89. The largest absolute Gasteiger partial charge is 0.497 e. The van der Waals surface area contributed by atoms with Crippen LogP contribution in [0.15, 0.2) is 42.5 Å². The highest BCUT2D eigenvalue weighted by atomic mass is 32.1. The Morgan fingerprint density at radius 1 is 1.13 bits per heavy atom. The van der Waals surface area contributed by atoms with Crippen molar-refractivity contribution in [2.75, 3.05) is 12.4 Å². The topological polar surface area (TPSA) is 88.6 Å². The van der Waals surface area contributed by atoms with Gasteiger partial charge in [-0.15, -0.1) is 0 Å². The van der Waals surface area contributed by atoms with E-state index in [1.165, 1.54) is 11.3 Å². The molecule has 0 bridgehead atoms. The van der Waals surface area contributed by atoms with Gasteiger partial charge in [0.1, 0.15) is 11.8 Å². The lowest BCUT2D eigenvalue weighted by atomic mass is 10.0. The molecule has 3 aromatic rings. The summed E-state index contributed by atoms with van der Waals surface area (Å²) in [4.78, 5) is 44.5. The molecule has 1 aliphatic heterocycles. The summed E-state index contributed by atoms with van der Waals surface area (Å²) in [6.45, 7) is 3.89. The third kappa shape index (κ3) is 3.54. The molecule has 1 atom stereocenters. The van der Waals surface area contributed by atoms with Gasteiger partial charge in [-0.2, -0.15) is 0 Å². The second-order valence-corrected chi connectivity index (χ2v) is 8.54. The molecular weight excluding hydrogens is 402 g/mol. The van der Waals surface area contributed by atoms with Crippen molar-refractivity contribution >= 4 is 44.4 Å². The smallest absolute Gasteiger partial charge is 0.262 e. The molecule has 2 heterocycles. The second kappa shape index (κ2) is 7.87. The minimum atomic E-state index is -0.918. The highest BCUT2D eigenvalue weighted by molar-refractivity contribution is 7.22. The number of carbonyl (C=O) groups excluding carboxylic acids is 3. The number of benzene rings is 2. The van der Waals surface area contributed by atoms with Crippen LogP contribution in [0, 0.1) is 5.92 Å². The molecule has 154 valence electrons. The maximum Gasteiger partial charge on any atom is 0.262 e. The first-order valence-corrected chi connectivity index (χ1v) is 10.4. The fourth-order valence-corrected chi connectivity index (χ4v) is 4.44. The van der Waals surface area contributed by atoms with Crippen LogP contribution in [0.25, 0.3) is 10.2 Å². The molecule has 4 rings (SSSR count). The SMILES string of the molecule is COc1ccc2nc(NC(=O)C(CC(C)C)N3C(=O)c4ccccc4C3=O)sc2c1. The van der Waals surface area contributed by atoms with Crippen molar-refractivity contribution in [3.63, 3.8) is 0 Å². The van der Waals surface area contributed by atoms with Gasteiger partial charge in [0.25, 0.3) is 11.8 Å². The lowest BCUT2D eigenvalue weighted by molar-refractivity contribution is -0.120. The predicted octanol–water partition coefficient (Wildman–Crippen LogP) is 3.95. The zero-order valence-electron chi connectivity index (χ0n) is 16.8. The number of ether oxygens (including phenoxy) is 1. The summed E-state index contributed by atoms with van der Waals surface area (Å²) in [6.07, 6.45) is 0.357. The molecule has 0 saturated heterocycles. The van der Waals surface area contributed by atoms with Gasteiger partial charge in [-0.1, -0.05) is 37.3 Å². The van der Waals surface area contributed by atoms with Crippen molar-refractivity contribution in [3.05, 3.63) is 53.6 Å². The first kappa shape index (κ1) is 20.0. The number of rotatable bonds is 6. The molecular formula is C22H21N3O4S. The van der Waals surface area contributed by atoms with Gasteiger partial charge in [0.2, 0.25) is 5.91 Å². The summed E-state index contributed by atoms with van der Waals surface area (Å²) in [5, 5.41) is 3.21. The van der Waals surface area contributed by atoms with E-state index in [1.54, 1.807) is 37.4 Å². The summed E-state index contributed by atoms with van der Waals surface area (Å²) >= 11 is 1.31. The summed E-state index contributed by atoms with van der Waals surface area (Å²) in [7, 11) is 1.59. The lowest BCUT2D eigenvalue weighted by Gasteiger charge is -2.26. The van der Waals surface area contributed by atoms with E-state index in [-0.39, 0.29) is 5.92 Å². The number of thiazole rings is 1. The average Bonchev–Trinajstić information content (AvgIpc) is 3.24.